The van der Waals surface area contributed by atoms with E-state index < -0.39 is 31.9 Å². The highest BCUT2D eigenvalue weighted by atomic mass is 32.2. The van der Waals surface area contributed by atoms with Crippen molar-refractivity contribution < 1.29 is 21.2 Å². The van der Waals surface area contributed by atoms with Crippen molar-refractivity contribution in [2.45, 2.75) is 31.2 Å². The number of hydrazone groups is 1. The Bertz CT molecular complexity index is 1440. The Labute approximate surface area is 199 Å². The zero-order chi connectivity index (χ0) is 24.5. The standard InChI is InChI=1S/C24H24FN3O4S2/c1-3-33(29,30)27-21-13-11-18(12-14-21)23-16-24(19-9-7-17(2)8-10-19)28(26-23)34(31,32)22-6-4-5-20(25)15-22/h4-15,24,27H,3,16H2,1-2H3/t24-/m0/s1. The van der Waals surface area contributed by atoms with Gasteiger partial charge in [0.15, 0.2) is 0 Å². The molecule has 1 heterocycles. The second-order valence-electron chi connectivity index (χ2n) is 8.00. The maximum atomic E-state index is 13.8. The summed E-state index contributed by atoms with van der Waals surface area (Å²) in [5, 5.41) is 4.44. The predicted octanol–water partition coefficient (Wildman–Crippen LogP) is 4.44. The van der Waals surface area contributed by atoms with Gasteiger partial charge in [-0.15, -0.1) is 0 Å². The molecule has 1 aliphatic rings. The normalized spacial score (nSPS) is 16.4. The van der Waals surface area contributed by atoms with E-state index in [1.54, 1.807) is 31.2 Å². The number of hydrogen-bond acceptors (Lipinski definition) is 5. The van der Waals surface area contributed by atoms with E-state index in [9.17, 15) is 21.2 Å². The Morgan fingerprint density at radius 2 is 1.68 bits per heavy atom. The van der Waals surface area contributed by atoms with Crippen LogP contribution in [0.1, 0.15) is 36.1 Å². The lowest BCUT2D eigenvalue weighted by molar-refractivity contribution is 0.371. The van der Waals surface area contributed by atoms with E-state index in [0.717, 1.165) is 21.6 Å². The Morgan fingerprint density at radius 3 is 2.29 bits per heavy atom. The molecule has 0 aromatic heterocycles. The van der Waals surface area contributed by atoms with Gasteiger partial charge in [-0.3, -0.25) is 4.72 Å². The first-order valence-corrected chi connectivity index (χ1v) is 13.7. The van der Waals surface area contributed by atoms with E-state index in [0.29, 0.717) is 23.4 Å². The molecule has 34 heavy (non-hydrogen) atoms. The summed E-state index contributed by atoms with van der Waals surface area (Å²) in [7, 11) is -7.54. The van der Waals surface area contributed by atoms with Gasteiger partial charge < -0.3 is 0 Å². The minimum Gasteiger partial charge on any atom is -0.284 e. The molecule has 7 nitrogen and oxygen atoms in total. The van der Waals surface area contributed by atoms with Crippen molar-refractivity contribution in [2.75, 3.05) is 10.5 Å². The Balaban J connectivity index is 1.72. The fourth-order valence-corrected chi connectivity index (χ4v) is 5.74. The van der Waals surface area contributed by atoms with E-state index in [4.69, 9.17) is 0 Å². The van der Waals surface area contributed by atoms with Crippen LogP contribution in [0.3, 0.4) is 0 Å². The highest BCUT2D eigenvalue weighted by Gasteiger charge is 2.37. The average Bonchev–Trinajstić information content (AvgIpc) is 3.26. The van der Waals surface area contributed by atoms with Crippen molar-refractivity contribution in [2.24, 2.45) is 5.10 Å². The SMILES string of the molecule is CCS(=O)(=O)Nc1ccc(C2=NN(S(=O)(=O)c3cccc(F)c3)[C@H](c3ccc(C)cc3)C2)cc1. The van der Waals surface area contributed by atoms with Crippen LogP contribution in [-0.4, -0.2) is 32.7 Å². The van der Waals surface area contributed by atoms with Crippen LogP contribution in [0.5, 0.6) is 0 Å². The number of aryl methyl sites for hydroxylation is 1. The van der Waals surface area contributed by atoms with Gasteiger partial charge in [-0.05, 0) is 55.3 Å². The van der Waals surface area contributed by atoms with Crippen molar-refractivity contribution in [3.8, 4) is 0 Å². The quantitative estimate of drug-likeness (QED) is 0.518. The number of halogens is 1. The Kier molecular flexibility index (Phi) is 6.46. The molecule has 10 heteroatoms. The van der Waals surface area contributed by atoms with E-state index in [2.05, 4.69) is 9.82 Å². The fraction of sp³-hybridized carbons (Fsp3) is 0.208. The molecule has 3 aromatic rings. The molecular weight excluding hydrogens is 477 g/mol. The molecule has 0 aliphatic carbocycles. The topological polar surface area (TPSA) is 95.9 Å². The van der Waals surface area contributed by atoms with Crippen LogP contribution in [0.4, 0.5) is 10.1 Å². The van der Waals surface area contributed by atoms with E-state index >= 15 is 0 Å². The van der Waals surface area contributed by atoms with Crippen LogP contribution < -0.4 is 4.72 Å². The van der Waals surface area contributed by atoms with Gasteiger partial charge in [-0.2, -0.15) is 17.9 Å². The van der Waals surface area contributed by atoms with Crippen molar-refractivity contribution in [3.63, 3.8) is 0 Å². The number of rotatable bonds is 7. The van der Waals surface area contributed by atoms with Crippen molar-refractivity contribution in [1.82, 2.24) is 4.41 Å². The van der Waals surface area contributed by atoms with Gasteiger partial charge >= 0.3 is 0 Å². The highest BCUT2D eigenvalue weighted by molar-refractivity contribution is 7.92. The molecule has 0 fully saturated rings. The summed E-state index contributed by atoms with van der Waals surface area (Å²) >= 11 is 0. The van der Waals surface area contributed by atoms with Crippen molar-refractivity contribution >= 4 is 31.4 Å². The third-order valence-corrected chi connectivity index (χ3v) is 8.53. The molecule has 0 spiro atoms. The van der Waals surface area contributed by atoms with Crippen LogP contribution in [-0.2, 0) is 20.0 Å². The van der Waals surface area contributed by atoms with Crippen molar-refractivity contribution in [3.05, 3.63) is 95.3 Å². The summed E-state index contributed by atoms with van der Waals surface area (Å²) in [6.45, 7) is 3.48. The molecule has 0 radical (unpaired) electrons. The zero-order valence-electron chi connectivity index (χ0n) is 18.6. The summed E-state index contributed by atoms with van der Waals surface area (Å²) in [5.74, 6) is -0.700. The first kappa shape index (κ1) is 23.9. The minimum absolute atomic E-state index is 0.0490. The zero-order valence-corrected chi connectivity index (χ0v) is 20.3. The Morgan fingerprint density at radius 1 is 1.00 bits per heavy atom. The van der Waals surface area contributed by atoms with Gasteiger partial charge in [0.25, 0.3) is 10.0 Å². The molecule has 1 N–H and O–H groups in total. The highest BCUT2D eigenvalue weighted by Crippen LogP contribution is 2.37. The van der Waals surface area contributed by atoms with Gasteiger partial charge in [0.2, 0.25) is 10.0 Å². The van der Waals surface area contributed by atoms with Crippen LogP contribution in [0.2, 0.25) is 0 Å². The Hall–Kier alpha value is -3.24. The molecule has 0 saturated carbocycles. The number of benzene rings is 3. The molecule has 0 bridgehead atoms. The van der Waals surface area contributed by atoms with E-state index in [1.165, 1.54) is 18.2 Å². The van der Waals surface area contributed by atoms with Gasteiger partial charge in [-0.1, -0.05) is 48.0 Å². The van der Waals surface area contributed by atoms with E-state index in [-0.39, 0.29) is 10.6 Å². The van der Waals surface area contributed by atoms with Crippen LogP contribution in [0.15, 0.2) is 82.8 Å². The smallest absolute Gasteiger partial charge is 0.279 e. The largest absolute Gasteiger partial charge is 0.284 e. The predicted molar refractivity (Wildman–Crippen MR) is 130 cm³/mol. The fourth-order valence-electron chi connectivity index (χ4n) is 3.64. The van der Waals surface area contributed by atoms with Crippen LogP contribution in [0, 0.1) is 12.7 Å². The summed E-state index contributed by atoms with van der Waals surface area (Å²) in [6.07, 6.45) is 0.303. The number of hydrogen-bond donors (Lipinski definition) is 1. The van der Waals surface area contributed by atoms with Crippen molar-refractivity contribution in [1.29, 1.82) is 0 Å². The van der Waals surface area contributed by atoms with Gasteiger partial charge in [0.1, 0.15) is 5.82 Å². The second-order valence-corrected chi connectivity index (χ2v) is 11.8. The summed E-state index contributed by atoms with van der Waals surface area (Å²) in [5.41, 5.74) is 3.39. The molecule has 3 aromatic carbocycles. The monoisotopic (exact) mass is 501 g/mol. The van der Waals surface area contributed by atoms with Gasteiger partial charge in [0.05, 0.1) is 22.4 Å². The molecule has 0 amide bonds. The number of nitrogens with one attached hydrogen (secondary N) is 1. The number of sulfonamides is 2. The number of nitrogens with zero attached hydrogens (tertiary/aromatic N) is 2. The maximum Gasteiger partial charge on any atom is 0.279 e. The first-order valence-electron chi connectivity index (χ1n) is 10.6. The minimum atomic E-state index is -4.13. The first-order chi connectivity index (χ1) is 16.1. The molecule has 0 saturated heterocycles. The molecule has 4 rings (SSSR count). The average molecular weight is 502 g/mol. The summed E-state index contributed by atoms with van der Waals surface area (Å²) in [4.78, 5) is -0.182. The second kappa shape index (κ2) is 9.19. The van der Waals surface area contributed by atoms with Gasteiger partial charge in [-0.25, -0.2) is 12.8 Å². The summed E-state index contributed by atoms with van der Waals surface area (Å²) < 4.78 is 67.8. The lowest BCUT2D eigenvalue weighted by Gasteiger charge is -2.23. The molecule has 0 unspecified atom stereocenters. The lowest BCUT2D eigenvalue weighted by Crippen LogP contribution is -2.27. The van der Waals surface area contributed by atoms with Gasteiger partial charge in [0, 0.05) is 12.1 Å². The lowest BCUT2D eigenvalue weighted by atomic mass is 9.98. The number of anilines is 1. The molecule has 178 valence electrons. The van der Waals surface area contributed by atoms with E-state index in [1.807, 2.05) is 31.2 Å². The maximum absolute atomic E-state index is 13.8. The molecule has 1 aliphatic heterocycles. The summed E-state index contributed by atoms with van der Waals surface area (Å²) in [6, 6.07) is 18.3. The molecular formula is C24H24FN3O4S2. The third-order valence-electron chi connectivity index (χ3n) is 5.55. The van der Waals surface area contributed by atoms with Crippen LogP contribution >= 0.6 is 0 Å². The van der Waals surface area contributed by atoms with Crippen LogP contribution in [0.25, 0.3) is 0 Å². The third kappa shape index (κ3) is 4.97. The molecule has 1 atom stereocenters.